The Labute approximate surface area is 150 Å². The Morgan fingerprint density at radius 3 is 2.50 bits per heavy atom. The number of imidazole rings is 1. The summed E-state index contributed by atoms with van der Waals surface area (Å²) in [4.78, 5) is 26.0. The van der Waals surface area contributed by atoms with Crippen LogP contribution in [0.5, 0.6) is 0 Å². The van der Waals surface area contributed by atoms with Crippen molar-refractivity contribution in [3.8, 4) is 0 Å². The van der Waals surface area contributed by atoms with Gasteiger partial charge in [0.25, 0.3) is 0 Å². The molecule has 0 radical (unpaired) electrons. The van der Waals surface area contributed by atoms with E-state index in [0.717, 1.165) is 5.56 Å². The lowest BCUT2D eigenvalue weighted by Gasteiger charge is -2.15. The Hall–Kier alpha value is -2.79. The molecule has 1 aromatic heterocycles. The number of nitrogens with zero attached hydrogens (tertiary/aromatic N) is 3. The molecule has 0 aliphatic carbocycles. The lowest BCUT2D eigenvalue weighted by atomic mass is 10.1. The van der Waals surface area contributed by atoms with Gasteiger partial charge in [-0.25, -0.2) is 13.6 Å². The number of nitrogens with one attached hydrogen (secondary N) is 1. The van der Waals surface area contributed by atoms with Crippen molar-refractivity contribution in [2.24, 2.45) is 5.14 Å². The number of nitrogens with two attached hydrogens (primary N) is 1. The summed E-state index contributed by atoms with van der Waals surface area (Å²) in [6.07, 6.45) is 1.41. The van der Waals surface area contributed by atoms with Gasteiger partial charge in [0, 0.05) is 19.9 Å². The zero-order valence-electron chi connectivity index (χ0n) is 14.2. The van der Waals surface area contributed by atoms with E-state index in [1.165, 1.54) is 18.3 Å². The predicted octanol–water partition coefficient (Wildman–Crippen LogP) is 1.01. The molecule has 2 rings (SSSR count). The van der Waals surface area contributed by atoms with Crippen LogP contribution in [0.3, 0.4) is 0 Å². The molecule has 0 saturated carbocycles. The first kappa shape index (κ1) is 19.5. The molecule has 1 atom stereocenters. The highest BCUT2D eigenvalue weighted by Crippen LogP contribution is 2.16. The molecule has 1 amide bonds. The zero-order chi connectivity index (χ0) is 19.5. The number of hydrogen-bond acceptors (Lipinski definition) is 6. The molecule has 10 nitrogen and oxygen atoms in total. The van der Waals surface area contributed by atoms with E-state index >= 15 is 0 Å². The van der Waals surface area contributed by atoms with Gasteiger partial charge in [-0.2, -0.15) is 0 Å². The highest BCUT2D eigenvalue weighted by Gasteiger charge is 2.16. The highest BCUT2D eigenvalue weighted by molar-refractivity contribution is 7.89. The molecule has 26 heavy (non-hydrogen) atoms. The third-order valence-corrected chi connectivity index (χ3v) is 4.75. The van der Waals surface area contributed by atoms with Crippen LogP contribution >= 0.6 is 0 Å². The molecule has 1 aromatic carbocycles. The maximum absolute atomic E-state index is 12.1. The van der Waals surface area contributed by atoms with E-state index in [0.29, 0.717) is 5.82 Å². The van der Waals surface area contributed by atoms with Crippen LogP contribution in [0.15, 0.2) is 35.4 Å². The van der Waals surface area contributed by atoms with E-state index in [9.17, 15) is 23.3 Å². The Bertz CT molecular complexity index is 920. The van der Waals surface area contributed by atoms with E-state index in [2.05, 4.69) is 10.3 Å². The molecule has 0 bridgehead atoms. The highest BCUT2D eigenvalue weighted by atomic mass is 32.2. The summed E-state index contributed by atoms with van der Waals surface area (Å²) in [5.74, 6) is -0.0499. The second-order valence-corrected chi connectivity index (χ2v) is 7.31. The first-order valence-electron chi connectivity index (χ1n) is 7.68. The summed E-state index contributed by atoms with van der Waals surface area (Å²) >= 11 is 0. The van der Waals surface area contributed by atoms with Gasteiger partial charge >= 0.3 is 5.82 Å². The van der Waals surface area contributed by atoms with Crippen LogP contribution in [-0.4, -0.2) is 28.8 Å². The molecule has 0 saturated heterocycles. The standard InChI is InChI=1S/C15H19N5O5S/c1-10(12-3-5-13(6-4-12)26(16,24)25)17-15(21)7-8-19-9-14(20(22)23)18-11(19)2/h3-6,9-10H,7-8H2,1-2H3,(H,17,21)(H2,16,24,25). The Morgan fingerprint density at radius 2 is 2.00 bits per heavy atom. The lowest BCUT2D eigenvalue weighted by Crippen LogP contribution is -2.27. The second kappa shape index (κ2) is 7.62. The molecular formula is C15H19N5O5S. The number of rotatable bonds is 7. The molecule has 2 aromatic rings. The number of aromatic nitrogens is 2. The number of carbonyl (C=O) groups excluding carboxylic acids is 1. The van der Waals surface area contributed by atoms with Gasteiger partial charge in [-0.1, -0.05) is 12.1 Å². The van der Waals surface area contributed by atoms with Crippen LogP contribution in [0.25, 0.3) is 0 Å². The largest absolute Gasteiger partial charge is 0.381 e. The second-order valence-electron chi connectivity index (χ2n) is 5.75. The summed E-state index contributed by atoms with van der Waals surface area (Å²) in [5, 5.41) is 18.5. The Balaban J connectivity index is 1.94. The van der Waals surface area contributed by atoms with Crippen LogP contribution in [-0.2, 0) is 21.4 Å². The number of primary sulfonamides is 1. The monoisotopic (exact) mass is 381 g/mol. The molecular weight excluding hydrogens is 362 g/mol. The summed E-state index contributed by atoms with van der Waals surface area (Å²) < 4.78 is 24.0. The van der Waals surface area contributed by atoms with Crippen LogP contribution in [0.2, 0.25) is 0 Å². The maximum atomic E-state index is 12.1. The summed E-state index contributed by atoms with van der Waals surface area (Å²) in [6, 6.07) is 5.57. The van der Waals surface area contributed by atoms with Gasteiger partial charge in [0.15, 0.2) is 0 Å². The minimum absolute atomic E-state index is 0.00282. The van der Waals surface area contributed by atoms with Gasteiger partial charge in [0.1, 0.15) is 6.20 Å². The smallest absolute Gasteiger partial charge is 0.358 e. The number of aryl methyl sites for hydroxylation is 2. The normalized spacial score (nSPS) is 12.6. The third-order valence-electron chi connectivity index (χ3n) is 3.82. The molecule has 0 spiro atoms. The minimum Gasteiger partial charge on any atom is -0.358 e. The van der Waals surface area contributed by atoms with Crippen molar-refractivity contribution in [2.75, 3.05) is 0 Å². The van der Waals surface area contributed by atoms with Crippen molar-refractivity contribution in [3.05, 3.63) is 52.0 Å². The molecule has 11 heteroatoms. The molecule has 0 fully saturated rings. The molecule has 1 unspecified atom stereocenters. The number of carbonyl (C=O) groups is 1. The quantitative estimate of drug-likeness (QED) is 0.540. The van der Waals surface area contributed by atoms with Crippen molar-refractivity contribution >= 4 is 21.7 Å². The van der Waals surface area contributed by atoms with Gasteiger partial charge in [-0.3, -0.25) is 4.79 Å². The molecule has 3 N–H and O–H groups in total. The number of sulfonamides is 1. The summed E-state index contributed by atoms with van der Waals surface area (Å²) in [5.41, 5.74) is 0.722. The SMILES string of the molecule is Cc1nc([N+](=O)[O-])cn1CCC(=O)NC(C)c1ccc(S(N)(=O)=O)cc1. The molecule has 0 aliphatic heterocycles. The number of amides is 1. The van der Waals surface area contributed by atoms with Gasteiger partial charge in [0.05, 0.1) is 10.9 Å². The van der Waals surface area contributed by atoms with Gasteiger partial charge in [0.2, 0.25) is 21.8 Å². The zero-order valence-corrected chi connectivity index (χ0v) is 15.1. The minimum atomic E-state index is -3.76. The summed E-state index contributed by atoms with van der Waals surface area (Å²) in [7, 11) is -3.76. The average Bonchev–Trinajstić information content (AvgIpc) is 2.93. The van der Waals surface area contributed by atoms with Crippen molar-refractivity contribution in [2.45, 2.75) is 37.8 Å². The number of nitro groups is 1. The van der Waals surface area contributed by atoms with Gasteiger partial charge in [-0.15, -0.1) is 0 Å². The Morgan fingerprint density at radius 1 is 1.38 bits per heavy atom. The van der Waals surface area contributed by atoms with Crippen molar-refractivity contribution in [1.29, 1.82) is 0 Å². The van der Waals surface area contributed by atoms with Crippen molar-refractivity contribution < 1.29 is 18.1 Å². The fourth-order valence-corrected chi connectivity index (χ4v) is 2.89. The predicted molar refractivity (Wildman–Crippen MR) is 92.6 cm³/mol. The molecule has 1 heterocycles. The lowest BCUT2D eigenvalue weighted by molar-refractivity contribution is -0.389. The number of benzene rings is 1. The summed E-state index contributed by atoms with van der Waals surface area (Å²) in [6.45, 7) is 3.65. The third kappa shape index (κ3) is 4.86. The first-order valence-corrected chi connectivity index (χ1v) is 9.23. The fourth-order valence-electron chi connectivity index (χ4n) is 2.37. The van der Waals surface area contributed by atoms with E-state index in [-0.39, 0.29) is 35.6 Å². The average molecular weight is 381 g/mol. The van der Waals surface area contributed by atoms with Crippen LogP contribution < -0.4 is 10.5 Å². The Kier molecular flexibility index (Phi) is 5.73. The van der Waals surface area contributed by atoms with Crippen LogP contribution in [0.4, 0.5) is 5.82 Å². The van der Waals surface area contributed by atoms with Gasteiger partial charge in [-0.05, 0) is 34.5 Å². The van der Waals surface area contributed by atoms with E-state index < -0.39 is 14.9 Å². The maximum Gasteiger partial charge on any atom is 0.381 e. The molecule has 0 aliphatic rings. The van der Waals surface area contributed by atoms with Crippen molar-refractivity contribution in [1.82, 2.24) is 14.9 Å². The van der Waals surface area contributed by atoms with Gasteiger partial charge < -0.3 is 20.0 Å². The van der Waals surface area contributed by atoms with E-state index in [1.807, 2.05) is 0 Å². The van der Waals surface area contributed by atoms with E-state index in [1.54, 1.807) is 30.5 Å². The topological polar surface area (TPSA) is 150 Å². The first-order chi connectivity index (χ1) is 12.1. The molecule has 140 valence electrons. The number of hydrogen-bond donors (Lipinski definition) is 2. The van der Waals surface area contributed by atoms with Crippen LogP contribution in [0, 0.1) is 17.0 Å². The van der Waals surface area contributed by atoms with E-state index in [4.69, 9.17) is 5.14 Å². The van der Waals surface area contributed by atoms with Crippen molar-refractivity contribution in [3.63, 3.8) is 0 Å². The fraction of sp³-hybridized carbons (Fsp3) is 0.333. The van der Waals surface area contributed by atoms with Crippen LogP contribution in [0.1, 0.15) is 30.8 Å².